The molecule has 2 heterocycles. The third-order valence-electron chi connectivity index (χ3n) is 5.46. The first kappa shape index (κ1) is 23.2. The number of halogens is 1. The van der Waals surface area contributed by atoms with Crippen LogP contribution in [0.2, 0.25) is 5.02 Å². The van der Waals surface area contributed by atoms with Crippen LogP contribution in [0.5, 0.6) is 0 Å². The molecule has 0 unspecified atom stereocenters. The number of carbonyl (C=O) groups excluding carboxylic acids is 1. The van der Waals surface area contributed by atoms with Crippen molar-refractivity contribution in [3.05, 3.63) is 101 Å². The normalized spacial score (nSPS) is 10.9. The van der Waals surface area contributed by atoms with Crippen molar-refractivity contribution in [3.63, 3.8) is 0 Å². The number of hydrogen-bond acceptors (Lipinski definition) is 5. The maximum atomic E-state index is 12.5. The summed E-state index contributed by atoms with van der Waals surface area (Å²) >= 11 is 13.2. The van der Waals surface area contributed by atoms with Crippen molar-refractivity contribution in [1.29, 1.82) is 0 Å². The largest absolute Gasteiger partial charge is 0.451 e. The first-order valence-corrected chi connectivity index (χ1v) is 12.5. The Morgan fingerprint density at radius 3 is 2.57 bits per heavy atom. The van der Waals surface area contributed by atoms with E-state index in [1.165, 1.54) is 4.70 Å². The van der Waals surface area contributed by atoms with Crippen molar-refractivity contribution in [2.45, 2.75) is 13.5 Å². The molecule has 0 atom stereocenters. The highest BCUT2D eigenvalue weighted by molar-refractivity contribution is 7.80. The van der Waals surface area contributed by atoms with E-state index in [0.29, 0.717) is 17.3 Å². The molecule has 5 rings (SSSR count). The van der Waals surface area contributed by atoms with Crippen LogP contribution in [0.1, 0.15) is 21.7 Å². The summed E-state index contributed by atoms with van der Waals surface area (Å²) in [7, 11) is 0. The van der Waals surface area contributed by atoms with Crippen LogP contribution in [0.4, 0.5) is 0 Å². The van der Waals surface area contributed by atoms with Gasteiger partial charge in [0, 0.05) is 22.7 Å². The van der Waals surface area contributed by atoms with E-state index in [1.807, 2.05) is 67.6 Å². The first-order chi connectivity index (χ1) is 17.0. The molecule has 0 radical (unpaired) electrons. The number of fused-ring (bicyclic) bond motifs is 1. The van der Waals surface area contributed by atoms with E-state index in [1.54, 1.807) is 23.5 Å². The van der Waals surface area contributed by atoms with Gasteiger partial charge in [-0.1, -0.05) is 60.1 Å². The maximum absolute atomic E-state index is 12.5. The van der Waals surface area contributed by atoms with Crippen LogP contribution >= 0.6 is 35.2 Å². The van der Waals surface area contributed by atoms with Gasteiger partial charge in [0.05, 0.1) is 10.2 Å². The number of nitrogens with zero attached hydrogens (tertiary/aromatic N) is 1. The molecule has 35 heavy (non-hydrogen) atoms. The molecule has 2 N–H and O–H groups in total. The second kappa shape index (κ2) is 10.00. The minimum atomic E-state index is -0.418. The summed E-state index contributed by atoms with van der Waals surface area (Å²) in [5.74, 6) is 0.309. The molecule has 0 aliphatic rings. The molecule has 0 fully saturated rings. The highest BCUT2D eigenvalue weighted by Gasteiger charge is 2.14. The molecule has 2 aromatic heterocycles. The van der Waals surface area contributed by atoms with Crippen LogP contribution in [0.3, 0.4) is 0 Å². The van der Waals surface area contributed by atoms with Gasteiger partial charge >= 0.3 is 0 Å². The van der Waals surface area contributed by atoms with Gasteiger partial charge in [-0.15, -0.1) is 11.3 Å². The van der Waals surface area contributed by atoms with Gasteiger partial charge in [-0.3, -0.25) is 10.1 Å². The number of para-hydroxylation sites is 1. The molecular formula is C27H20ClN3O2S2. The standard InChI is InChI=1S/C27H20ClN3O2S2/c1-16-6-9-19(14-20(16)28)22-12-13-23(33-22)25(32)31-27(34)29-15-17-7-10-18(11-8-17)26-30-21-4-2-3-5-24(21)35-26/h2-14H,15H2,1H3,(H2,29,31,32,34). The number of amides is 1. The van der Waals surface area contributed by atoms with Crippen molar-refractivity contribution in [1.82, 2.24) is 15.6 Å². The fourth-order valence-electron chi connectivity index (χ4n) is 3.51. The van der Waals surface area contributed by atoms with Crippen LogP contribution in [0.25, 0.3) is 32.1 Å². The average Bonchev–Trinajstić information content (AvgIpc) is 3.53. The van der Waals surface area contributed by atoms with E-state index in [9.17, 15) is 4.79 Å². The summed E-state index contributed by atoms with van der Waals surface area (Å²) in [6.07, 6.45) is 0. The topological polar surface area (TPSA) is 67.2 Å². The van der Waals surface area contributed by atoms with Crippen LogP contribution in [0, 0.1) is 6.92 Å². The molecule has 1 amide bonds. The second-order valence-corrected chi connectivity index (χ2v) is 9.79. The van der Waals surface area contributed by atoms with Crippen molar-refractivity contribution in [2.75, 3.05) is 0 Å². The summed E-state index contributed by atoms with van der Waals surface area (Å²) in [6, 6.07) is 25.2. The summed E-state index contributed by atoms with van der Waals surface area (Å²) in [5.41, 5.74) is 4.88. The van der Waals surface area contributed by atoms with Gasteiger partial charge < -0.3 is 9.73 Å². The molecule has 0 saturated carbocycles. The van der Waals surface area contributed by atoms with E-state index in [0.717, 1.165) is 32.8 Å². The Labute approximate surface area is 216 Å². The molecule has 0 spiro atoms. The van der Waals surface area contributed by atoms with E-state index in [4.69, 9.17) is 33.2 Å². The molecule has 0 bridgehead atoms. The molecule has 8 heteroatoms. The van der Waals surface area contributed by atoms with E-state index < -0.39 is 5.91 Å². The Morgan fingerprint density at radius 2 is 1.80 bits per heavy atom. The zero-order chi connectivity index (χ0) is 24.4. The predicted molar refractivity (Wildman–Crippen MR) is 146 cm³/mol. The van der Waals surface area contributed by atoms with Gasteiger partial charge in [-0.2, -0.15) is 0 Å². The fourth-order valence-corrected chi connectivity index (χ4v) is 4.83. The Morgan fingerprint density at radius 1 is 1.03 bits per heavy atom. The van der Waals surface area contributed by atoms with Crippen LogP contribution in [-0.2, 0) is 6.54 Å². The number of hydrogen-bond donors (Lipinski definition) is 2. The van der Waals surface area contributed by atoms with Crippen LogP contribution < -0.4 is 10.6 Å². The van der Waals surface area contributed by atoms with Gasteiger partial charge in [0.1, 0.15) is 10.8 Å². The Hall–Kier alpha value is -3.52. The minimum Gasteiger partial charge on any atom is -0.451 e. The van der Waals surface area contributed by atoms with Crippen LogP contribution in [0.15, 0.2) is 83.3 Å². The molecule has 5 nitrogen and oxygen atoms in total. The van der Waals surface area contributed by atoms with Crippen molar-refractivity contribution < 1.29 is 9.21 Å². The van der Waals surface area contributed by atoms with Crippen LogP contribution in [-0.4, -0.2) is 16.0 Å². The summed E-state index contributed by atoms with van der Waals surface area (Å²) in [4.78, 5) is 17.2. The minimum absolute atomic E-state index is 0.168. The van der Waals surface area contributed by atoms with Crippen molar-refractivity contribution >= 4 is 56.4 Å². The summed E-state index contributed by atoms with van der Waals surface area (Å²) < 4.78 is 6.87. The molecule has 0 aliphatic heterocycles. The number of aryl methyl sites for hydroxylation is 1. The molecule has 0 saturated heterocycles. The summed E-state index contributed by atoms with van der Waals surface area (Å²) in [5, 5.41) is 7.57. The number of nitrogens with one attached hydrogen (secondary N) is 2. The highest BCUT2D eigenvalue weighted by Crippen LogP contribution is 2.30. The van der Waals surface area contributed by atoms with Gasteiger partial charge in [0.15, 0.2) is 10.9 Å². The van der Waals surface area contributed by atoms with E-state index in [2.05, 4.69) is 16.7 Å². The molecule has 5 aromatic rings. The number of thiocarbonyl (C=S) groups is 1. The number of benzene rings is 3. The quantitative estimate of drug-likeness (QED) is 0.246. The van der Waals surface area contributed by atoms with Gasteiger partial charge in [0.2, 0.25) is 0 Å². The van der Waals surface area contributed by atoms with Gasteiger partial charge in [0.25, 0.3) is 5.91 Å². The Bertz CT molecular complexity index is 1510. The zero-order valence-corrected chi connectivity index (χ0v) is 21.1. The average molecular weight is 518 g/mol. The SMILES string of the molecule is Cc1ccc(-c2ccc(C(=O)NC(=S)NCc3ccc(-c4nc5ccccc5s4)cc3)o2)cc1Cl. The van der Waals surface area contributed by atoms with Crippen molar-refractivity contribution in [2.24, 2.45) is 0 Å². The van der Waals surface area contributed by atoms with E-state index in [-0.39, 0.29) is 10.9 Å². The van der Waals surface area contributed by atoms with Gasteiger partial charge in [-0.25, -0.2) is 4.98 Å². The number of aromatic nitrogens is 1. The molecule has 174 valence electrons. The second-order valence-electron chi connectivity index (χ2n) is 7.95. The molecular weight excluding hydrogens is 498 g/mol. The highest BCUT2D eigenvalue weighted by atomic mass is 35.5. The number of thiazole rings is 1. The Kier molecular flexibility index (Phi) is 6.63. The lowest BCUT2D eigenvalue weighted by Crippen LogP contribution is -2.38. The van der Waals surface area contributed by atoms with E-state index >= 15 is 0 Å². The fraction of sp³-hybridized carbons (Fsp3) is 0.0741. The third kappa shape index (κ3) is 5.27. The molecule has 0 aliphatic carbocycles. The van der Waals surface area contributed by atoms with Gasteiger partial charge in [-0.05, 0) is 60.6 Å². The predicted octanol–water partition coefficient (Wildman–Crippen LogP) is 6.99. The lowest BCUT2D eigenvalue weighted by molar-refractivity contribution is 0.0950. The number of carbonyl (C=O) groups is 1. The monoisotopic (exact) mass is 517 g/mol. The molecule has 3 aromatic carbocycles. The number of rotatable bonds is 5. The maximum Gasteiger partial charge on any atom is 0.293 e. The lowest BCUT2D eigenvalue weighted by Gasteiger charge is -2.09. The summed E-state index contributed by atoms with van der Waals surface area (Å²) in [6.45, 7) is 2.41. The number of furan rings is 1. The Balaban J connectivity index is 1.17. The lowest BCUT2D eigenvalue weighted by atomic mass is 10.1. The smallest absolute Gasteiger partial charge is 0.293 e. The zero-order valence-electron chi connectivity index (χ0n) is 18.7. The van der Waals surface area contributed by atoms with Crippen molar-refractivity contribution in [3.8, 4) is 21.9 Å². The first-order valence-electron chi connectivity index (χ1n) is 10.9. The third-order valence-corrected chi connectivity index (χ3v) is 7.20.